The first-order chi connectivity index (χ1) is 11.3. The fraction of sp³-hybridized carbons (Fsp3) is 0.471. The minimum atomic E-state index is -0.180. The molecule has 124 valence electrons. The van der Waals surface area contributed by atoms with Gasteiger partial charge in [0.15, 0.2) is 5.13 Å². The fourth-order valence-electron chi connectivity index (χ4n) is 3.18. The summed E-state index contributed by atoms with van der Waals surface area (Å²) in [5.74, 6) is -0.180. The van der Waals surface area contributed by atoms with Gasteiger partial charge in [0.1, 0.15) is 5.82 Å². The first kappa shape index (κ1) is 16.2. The van der Waals surface area contributed by atoms with Gasteiger partial charge in [-0.15, -0.1) is 11.3 Å². The van der Waals surface area contributed by atoms with Gasteiger partial charge in [-0.1, -0.05) is 6.07 Å². The first-order valence-electron chi connectivity index (χ1n) is 8.14. The van der Waals surface area contributed by atoms with Crippen molar-refractivity contribution < 1.29 is 4.39 Å². The van der Waals surface area contributed by atoms with Gasteiger partial charge in [-0.05, 0) is 44.0 Å². The number of rotatable bonds is 6. The molecular weight excluding hydrogens is 311 g/mol. The number of aromatic nitrogens is 1. The molecule has 2 heterocycles. The van der Waals surface area contributed by atoms with Crippen LogP contribution in [0.5, 0.6) is 0 Å². The number of anilines is 2. The lowest BCUT2D eigenvalue weighted by Crippen LogP contribution is -2.46. The summed E-state index contributed by atoms with van der Waals surface area (Å²) in [4.78, 5) is 9.06. The third-order valence-corrected chi connectivity index (χ3v) is 5.17. The van der Waals surface area contributed by atoms with Crippen molar-refractivity contribution in [1.82, 2.24) is 4.98 Å². The molecule has 1 aromatic carbocycles. The van der Waals surface area contributed by atoms with E-state index in [1.165, 1.54) is 6.07 Å². The van der Waals surface area contributed by atoms with Crippen LogP contribution in [0.1, 0.15) is 19.3 Å². The van der Waals surface area contributed by atoms with E-state index >= 15 is 0 Å². The summed E-state index contributed by atoms with van der Waals surface area (Å²) in [6, 6.07) is 7.33. The molecule has 1 fully saturated rings. The average molecular weight is 334 g/mol. The monoisotopic (exact) mass is 334 g/mol. The Morgan fingerprint density at radius 1 is 1.35 bits per heavy atom. The van der Waals surface area contributed by atoms with Crippen LogP contribution in [0.4, 0.5) is 15.2 Å². The summed E-state index contributed by atoms with van der Waals surface area (Å²) in [5.41, 5.74) is 6.65. The number of hydrogen-bond donors (Lipinski definition) is 1. The van der Waals surface area contributed by atoms with Crippen molar-refractivity contribution in [2.45, 2.75) is 25.3 Å². The molecule has 1 aliphatic heterocycles. The Morgan fingerprint density at radius 3 is 2.83 bits per heavy atom. The van der Waals surface area contributed by atoms with Gasteiger partial charge in [0.2, 0.25) is 0 Å². The van der Waals surface area contributed by atoms with Gasteiger partial charge in [-0.2, -0.15) is 0 Å². The summed E-state index contributed by atoms with van der Waals surface area (Å²) < 4.78 is 13.6. The minimum Gasteiger partial charge on any atom is -0.368 e. The van der Waals surface area contributed by atoms with Gasteiger partial charge in [0.05, 0.1) is 0 Å². The third-order valence-electron chi connectivity index (χ3n) is 4.34. The molecule has 1 aromatic heterocycles. The maximum Gasteiger partial charge on any atom is 0.185 e. The summed E-state index contributed by atoms with van der Waals surface area (Å²) in [6.45, 7) is 3.52. The van der Waals surface area contributed by atoms with Crippen LogP contribution >= 0.6 is 11.3 Å². The molecule has 1 saturated heterocycles. The molecule has 1 aliphatic rings. The molecule has 0 aliphatic carbocycles. The first-order valence-corrected chi connectivity index (χ1v) is 9.02. The molecule has 0 radical (unpaired) electrons. The Morgan fingerprint density at radius 2 is 2.17 bits per heavy atom. The van der Waals surface area contributed by atoms with E-state index in [4.69, 9.17) is 5.73 Å². The number of benzene rings is 1. The Balaban J connectivity index is 1.68. The van der Waals surface area contributed by atoms with E-state index in [0.29, 0.717) is 12.6 Å². The number of piperidine rings is 1. The molecule has 0 bridgehead atoms. The zero-order valence-electron chi connectivity index (χ0n) is 13.2. The van der Waals surface area contributed by atoms with Gasteiger partial charge in [0.25, 0.3) is 0 Å². The predicted molar refractivity (Wildman–Crippen MR) is 94.8 cm³/mol. The van der Waals surface area contributed by atoms with E-state index in [1.54, 1.807) is 23.5 Å². The van der Waals surface area contributed by atoms with Crippen molar-refractivity contribution in [2.24, 2.45) is 5.73 Å². The standard InChI is InChI=1S/C17H23FN4S/c18-14-3-1-4-16(13-14)22(9-2-7-19)15-5-10-21(11-6-15)17-20-8-12-23-17/h1,3-4,8,12-13,15H,2,5-7,9-11,19H2. The topological polar surface area (TPSA) is 45.4 Å². The molecule has 2 aromatic rings. The maximum atomic E-state index is 13.6. The number of halogens is 1. The molecule has 0 saturated carbocycles. The molecule has 0 amide bonds. The summed E-state index contributed by atoms with van der Waals surface area (Å²) in [5, 5.41) is 3.12. The average Bonchev–Trinajstić information content (AvgIpc) is 3.10. The van der Waals surface area contributed by atoms with Crippen LogP contribution < -0.4 is 15.5 Å². The lowest BCUT2D eigenvalue weighted by molar-refractivity contribution is 0.461. The number of nitrogens with zero attached hydrogens (tertiary/aromatic N) is 3. The molecule has 23 heavy (non-hydrogen) atoms. The minimum absolute atomic E-state index is 0.180. The second kappa shape index (κ2) is 7.75. The molecule has 3 rings (SSSR count). The Labute approximate surface area is 140 Å². The van der Waals surface area contributed by atoms with Crippen molar-refractivity contribution in [2.75, 3.05) is 36.0 Å². The molecular formula is C17H23FN4S. The summed E-state index contributed by atoms with van der Waals surface area (Å²) >= 11 is 1.69. The van der Waals surface area contributed by atoms with Crippen molar-refractivity contribution >= 4 is 22.2 Å². The quantitative estimate of drug-likeness (QED) is 0.882. The lowest BCUT2D eigenvalue weighted by Gasteiger charge is -2.40. The van der Waals surface area contributed by atoms with Crippen LogP contribution in [0.15, 0.2) is 35.8 Å². The van der Waals surface area contributed by atoms with E-state index in [-0.39, 0.29) is 5.82 Å². The fourth-order valence-corrected chi connectivity index (χ4v) is 3.88. The molecule has 0 spiro atoms. The van der Waals surface area contributed by atoms with Gasteiger partial charge in [-0.3, -0.25) is 0 Å². The highest BCUT2D eigenvalue weighted by atomic mass is 32.1. The number of thiazole rings is 1. The Bertz CT molecular complexity index is 596. The lowest BCUT2D eigenvalue weighted by atomic mass is 10.0. The smallest absolute Gasteiger partial charge is 0.185 e. The van der Waals surface area contributed by atoms with Gasteiger partial charge in [0, 0.05) is 42.9 Å². The normalized spacial score (nSPS) is 15.8. The summed E-state index contributed by atoms with van der Waals surface area (Å²) in [6.07, 6.45) is 4.89. The van der Waals surface area contributed by atoms with Gasteiger partial charge >= 0.3 is 0 Å². The SMILES string of the molecule is NCCCN(c1cccc(F)c1)C1CCN(c2nccs2)CC1. The van der Waals surface area contributed by atoms with Crippen LogP contribution in [-0.2, 0) is 0 Å². The maximum absolute atomic E-state index is 13.6. The van der Waals surface area contributed by atoms with Crippen LogP contribution in [0.3, 0.4) is 0 Å². The van der Waals surface area contributed by atoms with Crippen LogP contribution in [0.2, 0.25) is 0 Å². The highest BCUT2D eigenvalue weighted by Crippen LogP contribution is 2.27. The van der Waals surface area contributed by atoms with Crippen LogP contribution in [-0.4, -0.2) is 37.2 Å². The molecule has 2 N–H and O–H groups in total. The Kier molecular flexibility index (Phi) is 5.46. The van der Waals surface area contributed by atoms with E-state index in [1.807, 2.05) is 17.6 Å². The third kappa shape index (κ3) is 4.00. The molecule has 6 heteroatoms. The van der Waals surface area contributed by atoms with E-state index in [9.17, 15) is 4.39 Å². The molecule has 4 nitrogen and oxygen atoms in total. The predicted octanol–water partition coefficient (Wildman–Crippen LogP) is 3.11. The molecule has 0 unspecified atom stereocenters. The van der Waals surface area contributed by atoms with Gasteiger partial charge in [-0.25, -0.2) is 9.37 Å². The Hall–Kier alpha value is -1.66. The van der Waals surface area contributed by atoms with Crippen molar-refractivity contribution in [3.63, 3.8) is 0 Å². The molecule has 0 atom stereocenters. The highest BCUT2D eigenvalue weighted by molar-refractivity contribution is 7.13. The van der Waals surface area contributed by atoms with E-state index in [0.717, 1.165) is 49.7 Å². The zero-order chi connectivity index (χ0) is 16.1. The largest absolute Gasteiger partial charge is 0.368 e. The van der Waals surface area contributed by atoms with Crippen LogP contribution in [0.25, 0.3) is 0 Å². The van der Waals surface area contributed by atoms with E-state index < -0.39 is 0 Å². The highest BCUT2D eigenvalue weighted by Gasteiger charge is 2.25. The van der Waals surface area contributed by atoms with Gasteiger partial charge < -0.3 is 15.5 Å². The number of nitrogens with two attached hydrogens (primary N) is 1. The zero-order valence-corrected chi connectivity index (χ0v) is 14.0. The summed E-state index contributed by atoms with van der Waals surface area (Å²) in [7, 11) is 0. The van der Waals surface area contributed by atoms with Crippen molar-refractivity contribution in [1.29, 1.82) is 0 Å². The number of hydrogen-bond acceptors (Lipinski definition) is 5. The second-order valence-electron chi connectivity index (χ2n) is 5.85. The second-order valence-corrected chi connectivity index (χ2v) is 6.72. The van der Waals surface area contributed by atoms with Crippen LogP contribution in [0, 0.1) is 5.82 Å². The van der Waals surface area contributed by atoms with Crippen molar-refractivity contribution in [3.05, 3.63) is 41.7 Å². The van der Waals surface area contributed by atoms with Crippen molar-refractivity contribution in [3.8, 4) is 0 Å². The van der Waals surface area contributed by atoms with E-state index in [2.05, 4.69) is 14.8 Å².